The van der Waals surface area contributed by atoms with Gasteiger partial charge in [-0.3, -0.25) is 0 Å². The predicted octanol–water partition coefficient (Wildman–Crippen LogP) is 4.25. The third kappa shape index (κ3) is 5.03. The molecule has 2 fully saturated rings. The lowest BCUT2D eigenvalue weighted by Crippen LogP contribution is -2.37. The Bertz CT molecular complexity index is 1040. The van der Waals surface area contributed by atoms with Crippen molar-refractivity contribution in [3.05, 3.63) is 48.5 Å². The summed E-state index contributed by atoms with van der Waals surface area (Å²) in [6.07, 6.45) is 0.983. The Labute approximate surface area is 184 Å². The van der Waals surface area contributed by atoms with Crippen LogP contribution in [0.2, 0.25) is 0 Å². The zero-order chi connectivity index (χ0) is 22.4. The molecule has 1 heterocycles. The number of carbonyl (C=O) groups is 1. The number of amides is 1. The molecule has 2 aliphatic rings. The van der Waals surface area contributed by atoms with Crippen LogP contribution in [-0.4, -0.2) is 51.0 Å². The lowest BCUT2D eigenvalue weighted by molar-refractivity contribution is 0.0261. The molecule has 1 aliphatic heterocycles. The first kappa shape index (κ1) is 21.7. The fourth-order valence-electron chi connectivity index (χ4n) is 4.20. The van der Waals surface area contributed by atoms with Gasteiger partial charge >= 0.3 is 6.09 Å². The Morgan fingerprint density at radius 2 is 1.48 bits per heavy atom. The normalized spacial score (nSPS) is 22.7. The van der Waals surface area contributed by atoms with Gasteiger partial charge in [-0.15, -0.1) is 0 Å². The molecular weight excluding hydrogens is 414 g/mol. The van der Waals surface area contributed by atoms with Crippen LogP contribution in [0.4, 0.5) is 4.79 Å². The number of fused-ring (bicyclic) bond motifs is 1. The van der Waals surface area contributed by atoms with Gasteiger partial charge in [0, 0.05) is 25.3 Å². The topological polar surface area (TPSA) is 72.9 Å². The van der Waals surface area contributed by atoms with Gasteiger partial charge in [0.05, 0.1) is 11.5 Å². The SMILES string of the molecule is CC(C)(C)OC(=O)N1CC2C(COc3ccc(-c4ccc(S(C)(=O)=O)cc4)cc3)[C@H]2C1. The zero-order valence-corrected chi connectivity index (χ0v) is 19.2. The van der Waals surface area contributed by atoms with Crippen LogP contribution < -0.4 is 4.74 Å². The predicted molar refractivity (Wildman–Crippen MR) is 119 cm³/mol. The molecule has 2 unspecified atom stereocenters. The van der Waals surface area contributed by atoms with Gasteiger partial charge in [-0.25, -0.2) is 13.2 Å². The second kappa shape index (κ2) is 7.86. The lowest BCUT2D eigenvalue weighted by atomic mass is 10.1. The molecule has 1 aliphatic carbocycles. The van der Waals surface area contributed by atoms with E-state index in [2.05, 4.69) is 0 Å². The van der Waals surface area contributed by atoms with E-state index in [-0.39, 0.29) is 6.09 Å². The summed E-state index contributed by atoms with van der Waals surface area (Å²) in [5.41, 5.74) is 1.50. The first-order chi connectivity index (χ1) is 14.5. The van der Waals surface area contributed by atoms with E-state index in [1.807, 2.05) is 57.2 Å². The largest absolute Gasteiger partial charge is 0.493 e. The monoisotopic (exact) mass is 443 g/mol. The van der Waals surface area contributed by atoms with Gasteiger partial charge in [-0.2, -0.15) is 0 Å². The van der Waals surface area contributed by atoms with Crippen molar-refractivity contribution in [3.63, 3.8) is 0 Å². The minimum Gasteiger partial charge on any atom is -0.493 e. The molecule has 1 saturated heterocycles. The quantitative estimate of drug-likeness (QED) is 0.691. The van der Waals surface area contributed by atoms with Crippen LogP contribution in [-0.2, 0) is 14.6 Å². The van der Waals surface area contributed by atoms with Crippen LogP contribution in [0.5, 0.6) is 5.75 Å². The average Bonchev–Trinajstić information content (AvgIpc) is 3.13. The standard InChI is InChI=1S/C24H29NO5S/c1-24(2,3)30-23(26)25-13-20-21(14-25)22(20)15-29-18-9-5-16(6-10-18)17-7-11-19(12-8-17)31(4,27)28/h5-12,20-22H,13-15H2,1-4H3/t20-,21?,22?/m0/s1. The number of ether oxygens (including phenoxy) is 2. The maximum atomic E-state index is 12.2. The van der Waals surface area contributed by atoms with Gasteiger partial charge in [-0.05, 0) is 68.0 Å². The van der Waals surface area contributed by atoms with E-state index in [1.165, 1.54) is 6.26 Å². The van der Waals surface area contributed by atoms with Crippen LogP contribution in [0, 0.1) is 17.8 Å². The number of likely N-dealkylation sites (tertiary alicyclic amines) is 1. The molecule has 2 aromatic carbocycles. The highest BCUT2D eigenvalue weighted by Gasteiger charge is 2.57. The van der Waals surface area contributed by atoms with E-state index in [4.69, 9.17) is 9.47 Å². The van der Waals surface area contributed by atoms with Crippen molar-refractivity contribution in [3.8, 4) is 16.9 Å². The van der Waals surface area contributed by atoms with Gasteiger partial charge in [-0.1, -0.05) is 24.3 Å². The molecule has 1 saturated carbocycles. The first-order valence-electron chi connectivity index (χ1n) is 10.5. The molecule has 0 spiro atoms. The zero-order valence-electron chi connectivity index (χ0n) is 18.4. The Morgan fingerprint density at radius 3 is 1.97 bits per heavy atom. The first-order valence-corrected chi connectivity index (χ1v) is 12.4. The van der Waals surface area contributed by atoms with Crippen LogP contribution >= 0.6 is 0 Å². The summed E-state index contributed by atoms with van der Waals surface area (Å²) < 4.78 is 34.6. The van der Waals surface area contributed by atoms with Gasteiger partial charge < -0.3 is 14.4 Å². The molecule has 0 bridgehead atoms. The summed E-state index contributed by atoms with van der Waals surface area (Å²) >= 11 is 0. The number of nitrogens with zero attached hydrogens (tertiary/aromatic N) is 1. The smallest absolute Gasteiger partial charge is 0.410 e. The van der Waals surface area contributed by atoms with E-state index in [0.29, 0.717) is 29.3 Å². The van der Waals surface area contributed by atoms with Gasteiger partial charge in [0.2, 0.25) is 0 Å². The van der Waals surface area contributed by atoms with Crippen molar-refractivity contribution in [1.82, 2.24) is 4.90 Å². The second-order valence-corrected chi connectivity index (χ2v) is 11.5. The van der Waals surface area contributed by atoms with E-state index in [0.717, 1.165) is 30.0 Å². The molecule has 7 heteroatoms. The fraction of sp³-hybridized carbons (Fsp3) is 0.458. The highest BCUT2D eigenvalue weighted by molar-refractivity contribution is 7.90. The van der Waals surface area contributed by atoms with Gasteiger partial charge in [0.1, 0.15) is 11.4 Å². The van der Waals surface area contributed by atoms with Crippen LogP contribution in [0.1, 0.15) is 20.8 Å². The number of piperidine rings is 1. The number of hydrogen-bond donors (Lipinski definition) is 0. The molecule has 3 atom stereocenters. The lowest BCUT2D eigenvalue weighted by Gasteiger charge is -2.25. The molecule has 4 rings (SSSR count). The molecule has 0 radical (unpaired) electrons. The van der Waals surface area contributed by atoms with Gasteiger partial charge in [0.25, 0.3) is 0 Å². The summed E-state index contributed by atoms with van der Waals surface area (Å²) in [5, 5.41) is 0. The Kier molecular flexibility index (Phi) is 5.50. The molecule has 2 aromatic rings. The van der Waals surface area contributed by atoms with Crippen molar-refractivity contribution >= 4 is 15.9 Å². The summed E-state index contributed by atoms with van der Waals surface area (Å²) in [6.45, 7) is 7.79. The van der Waals surface area contributed by atoms with Crippen molar-refractivity contribution in [2.75, 3.05) is 26.0 Å². The van der Waals surface area contributed by atoms with Crippen LogP contribution in [0.3, 0.4) is 0 Å². The summed E-state index contributed by atoms with van der Waals surface area (Å²) in [4.78, 5) is 14.3. The molecule has 31 heavy (non-hydrogen) atoms. The highest BCUT2D eigenvalue weighted by atomic mass is 32.2. The minimum absolute atomic E-state index is 0.223. The van der Waals surface area contributed by atoms with E-state index >= 15 is 0 Å². The fourth-order valence-corrected chi connectivity index (χ4v) is 4.83. The third-order valence-electron chi connectivity index (χ3n) is 5.94. The number of sulfone groups is 1. The number of hydrogen-bond acceptors (Lipinski definition) is 5. The summed E-state index contributed by atoms with van der Waals surface area (Å²) in [5.74, 6) is 2.30. The summed E-state index contributed by atoms with van der Waals surface area (Å²) in [6, 6.07) is 14.7. The molecule has 6 nitrogen and oxygen atoms in total. The van der Waals surface area contributed by atoms with Crippen molar-refractivity contribution in [2.24, 2.45) is 17.8 Å². The van der Waals surface area contributed by atoms with Crippen molar-refractivity contribution in [1.29, 1.82) is 0 Å². The Hall–Kier alpha value is -2.54. The van der Waals surface area contributed by atoms with E-state index < -0.39 is 15.4 Å². The van der Waals surface area contributed by atoms with Crippen molar-refractivity contribution < 1.29 is 22.7 Å². The molecule has 0 aromatic heterocycles. The third-order valence-corrected chi connectivity index (χ3v) is 7.06. The average molecular weight is 444 g/mol. The number of benzene rings is 2. The molecular formula is C24H29NO5S. The van der Waals surface area contributed by atoms with Gasteiger partial charge in [0.15, 0.2) is 9.84 Å². The number of carbonyl (C=O) groups excluding carboxylic acids is 1. The number of rotatable bonds is 5. The highest BCUT2D eigenvalue weighted by Crippen LogP contribution is 2.52. The minimum atomic E-state index is -3.19. The van der Waals surface area contributed by atoms with Crippen LogP contribution in [0.25, 0.3) is 11.1 Å². The Balaban J connectivity index is 1.27. The summed E-state index contributed by atoms with van der Waals surface area (Å²) in [7, 11) is -3.19. The maximum absolute atomic E-state index is 12.2. The van der Waals surface area contributed by atoms with E-state index in [9.17, 15) is 13.2 Å². The van der Waals surface area contributed by atoms with Crippen LogP contribution in [0.15, 0.2) is 53.4 Å². The van der Waals surface area contributed by atoms with Crippen molar-refractivity contribution in [2.45, 2.75) is 31.3 Å². The molecule has 166 valence electrons. The molecule has 1 amide bonds. The second-order valence-electron chi connectivity index (χ2n) is 9.51. The maximum Gasteiger partial charge on any atom is 0.410 e. The van der Waals surface area contributed by atoms with E-state index in [1.54, 1.807) is 17.0 Å². The molecule has 0 N–H and O–H groups in total. The Morgan fingerprint density at radius 1 is 0.968 bits per heavy atom.